The van der Waals surface area contributed by atoms with Crippen molar-refractivity contribution in [3.8, 4) is 11.8 Å². The van der Waals surface area contributed by atoms with E-state index in [0.717, 1.165) is 14.2 Å². The van der Waals surface area contributed by atoms with Gasteiger partial charge in [-0.15, -0.1) is 10.2 Å². The van der Waals surface area contributed by atoms with E-state index in [-0.39, 0.29) is 12.4 Å². The Morgan fingerprint density at radius 3 is 2.85 bits per heavy atom. The van der Waals surface area contributed by atoms with Crippen LogP contribution in [0.2, 0.25) is 0 Å². The smallest absolute Gasteiger partial charge is 0.175 e. The molecule has 1 aromatic carbocycles. The number of aliphatic hydroxyl groups excluding tert-OH is 1. The lowest BCUT2D eigenvalue weighted by atomic mass is 10.1. The Labute approximate surface area is 129 Å². The SMILES string of the molecule is CSc1nnc(SCc2ccc(F)c(C#CCO)c2)s1. The first-order chi connectivity index (χ1) is 9.72. The van der Waals surface area contributed by atoms with Crippen LogP contribution in [0.5, 0.6) is 0 Å². The molecule has 1 aromatic heterocycles. The summed E-state index contributed by atoms with van der Waals surface area (Å²) < 4.78 is 15.3. The monoisotopic (exact) mass is 326 g/mol. The average molecular weight is 326 g/mol. The number of rotatable bonds is 4. The number of benzene rings is 1. The predicted molar refractivity (Wildman–Crippen MR) is 81.6 cm³/mol. The summed E-state index contributed by atoms with van der Waals surface area (Å²) in [6.07, 6.45) is 1.96. The van der Waals surface area contributed by atoms with Crippen molar-refractivity contribution in [2.24, 2.45) is 0 Å². The highest BCUT2D eigenvalue weighted by Gasteiger charge is 2.06. The summed E-state index contributed by atoms with van der Waals surface area (Å²) in [7, 11) is 0. The second kappa shape index (κ2) is 7.64. The van der Waals surface area contributed by atoms with Crippen molar-refractivity contribution in [2.45, 2.75) is 14.4 Å². The lowest BCUT2D eigenvalue weighted by molar-refractivity contribution is 0.350. The van der Waals surface area contributed by atoms with E-state index < -0.39 is 0 Å². The molecule has 0 aliphatic carbocycles. The van der Waals surface area contributed by atoms with Gasteiger partial charge >= 0.3 is 0 Å². The maximum absolute atomic E-state index is 13.5. The fourth-order valence-corrected chi connectivity index (χ4v) is 3.76. The van der Waals surface area contributed by atoms with E-state index in [4.69, 9.17) is 5.11 Å². The molecule has 0 atom stereocenters. The van der Waals surface area contributed by atoms with E-state index in [1.54, 1.807) is 47.0 Å². The van der Waals surface area contributed by atoms with Gasteiger partial charge in [0.2, 0.25) is 0 Å². The Bertz CT molecular complexity index is 649. The quantitative estimate of drug-likeness (QED) is 0.691. The molecule has 3 nitrogen and oxygen atoms in total. The number of halogens is 1. The van der Waals surface area contributed by atoms with Crippen LogP contribution in [0.3, 0.4) is 0 Å². The highest BCUT2D eigenvalue weighted by Crippen LogP contribution is 2.29. The topological polar surface area (TPSA) is 46.0 Å². The van der Waals surface area contributed by atoms with Gasteiger partial charge in [0.05, 0.1) is 5.56 Å². The van der Waals surface area contributed by atoms with Gasteiger partial charge in [-0.1, -0.05) is 52.8 Å². The van der Waals surface area contributed by atoms with E-state index in [2.05, 4.69) is 22.0 Å². The highest BCUT2D eigenvalue weighted by atomic mass is 32.2. The van der Waals surface area contributed by atoms with Crippen LogP contribution in [0.4, 0.5) is 4.39 Å². The molecule has 0 saturated heterocycles. The van der Waals surface area contributed by atoms with Gasteiger partial charge in [0.1, 0.15) is 12.4 Å². The number of thioether (sulfide) groups is 2. The summed E-state index contributed by atoms with van der Waals surface area (Å²) in [5, 5.41) is 16.7. The number of aliphatic hydroxyl groups is 1. The summed E-state index contributed by atoms with van der Waals surface area (Å²) in [4.78, 5) is 0. The molecule has 0 amide bonds. The first kappa shape index (κ1) is 15.3. The molecule has 0 saturated carbocycles. The van der Waals surface area contributed by atoms with Crippen LogP contribution in [0.1, 0.15) is 11.1 Å². The summed E-state index contributed by atoms with van der Waals surface area (Å²) >= 11 is 4.67. The van der Waals surface area contributed by atoms with Gasteiger partial charge in [0.15, 0.2) is 8.68 Å². The average Bonchev–Trinajstić information content (AvgIpc) is 2.93. The van der Waals surface area contributed by atoms with Gasteiger partial charge in [-0.3, -0.25) is 0 Å². The van der Waals surface area contributed by atoms with Crippen LogP contribution < -0.4 is 0 Å². The normalized spacial score (nSPS) is 10.2. The first-order valence-electron chi connectivity index (χ1n) is 5.61. The number of hydrogen-bond donors (Lipinski definition) is 1. The zero-order valence-corrected chi connectivity index (χ0v) is 13.0. The maximum Gasteiger partial charge on any atom is 0.175 e. The molecule has 0 unspecified atom stereocenters. The molecule has 0 bridgehead atoms. The van der Waals surface area contributed by atoms with E-state index in [1.807, 2.05) is 6.26 Å². The third-order valence-electron chi connectivity index (χ3n) is 2.26. The minimum atomic E-state index is -0.375. The Morgan fingerprint density at radius 2 is 2.15 bits per heavy atom. The summed E-state index contributed by atoms with van der Waals surface area (Å²) in [5.41, 5.74) is 1.26. The van der Waals surface area contributed by atoms with Crippen molar-refractivity contribution in [1.29, 1.82) is 0 Å². The number of aromatic nitrogens is 2. The van der Waals surface area contributed by atoms with Gasteiger partial charge in [-0.05, 0) is 24.0 Å². The van der Waals surface area contributed by atoms with Crippen molar-refractivity contribution in [2.75, 3.05) is 12.9 Å². The molecule has 0 radical (unpaired) electrons. The molecule has 0 aliphatic heterocycles. The molecule has 7 heteroatoms. The molecule has 1 N–H and O–H groups in total. The Balaban J connectivity index is 2.05. The Kier molecular flexibility index (Phi) is 5.86. The minimum Gasteiger partial charge on any atom is -0.384 e. The van der Waals surface area contributed by atoms with Crippen LogP contribution in [0.25, 0.3) is 0 Å². The third kappa shape index (κ3) is 4.21. The maximum atomic E-state index is 13.5. The molecular weight excluding hydrogens is 315 g/mol. The molecular formula is C13H11FN2OS3. The highest BCUT2D eigenvalue weighted by molar-refractivity contribution is 8.02. The minimum absolute atomic E-state index is 0.277. The van der Waals surface area contributed by atoms with Gasteiger partial charge in [-0.25, -0.2) is 4.39 Å². The van der Waals surface area contributed by atoms with Crippen molar-refractivity contribution in [3.05, 3.63) is 35.1 Å². The lowest BCUT2D eigenvalue weighted by Crippen LogP contribution is -1.88. The Morgan fingerprint density at radius 1 is 1.35 bits per heavy atom. The third-order valence-corrected chi connectivity index (χ3v) is 5.36. The molecule has 0 fully saturated rings. The molecule has 0 aliphatic rings. The van der Waals surface area contributed by atoms with Crippen molar-refractivity contribution < 1.29 is 9.50 Å². The Hall–Kier alpha value is -1.07. The summed E-state index contributed by atoms with van der Waals surface area (Å²) in [6.45, 7) is -0.277. The van der Waals surface area contributed by atoms with Crippen LogP contribution in [-0.2, 0) is 5.75 Å². The number of hydrogen-bond acceptors (Lipinski definition) is 6. The van der Waals surface area contributed by atoms with Crippen LogP contribution in [0, 0.1) is 17.7 Å². The summed E-state index contributed by atoms with van der Waals surface area (Å²) in [5.74, 6) is 5.36. The van der Waals surface area contributed by atoms with E-state index in [9.17, 15) is 4.39 Å². The zero-order valence-electron chi connectivity index (χ0n) is 10.6. The van der Waals surface area contributed by atoms with E-state index in [0.29, 0.717) is 11.3 Å². The molecule has 1 heterocycles. The molecule has 104 valence electrons. The van der Waals surface area contributed by atoms with E-state index >= 15 is 0 Å². The summed E-state index contributed by atoms with van der Waals surface area (Å²) in [6, 6.07) is 4.81. The second-order valence-corrected chi connectivity index (χ2v) is 6.85. The van der Waals surface area contributed by atoms with Gasteiger partial charge in [0, 0.05) is 5.75 Å². The van der Waals surface area contributed by atoms with Crippen LogP contribution >= 0.6 is 34.9 Å². The van der Waals surface area contributed by atoms with Gasteiger partial charge in [0.25, 0.3) is 0 Å². The largest absolute Gasteiger partial charge is 0.384 e. The molecule has 2 rings (SSSR count). The van der Waals surface area contributed by atoms with Crippen molar-refractivity contribution in [3.63, 3.8) is 0 Å². The molecule has 20 heavy (non-hydrogen) atoms. The van der Waals surface area contributed by atoms with Gasteiger partial charge < -0.3 is 5.11 Å². The van der Waals surface area contributed by atoms with Crippen molar-refractivity contribution in [1.82, 2.24) is 10.2 Å². The molecule has 2 aromatic rings. The van der Waals surface area contributed by atoms with Gasteiger partial charge in [-0.2, -0.15) is 0 Å². The zero-order chi connectivity index (χ0) is 14.4. The standard InChI is InChI=1S/C13H11FN2OS3/c1-18-12-15-16-13(20-12)19-8-9-4-5-11(14)10(7-9)3-2-6-17/h4-5,7,17H,6,8H2,1H3. The first-order valence-corrected chi connectivity index (χ1v) is 8.64. The number of nitrogens with zero attached hydrogens (tertiary/aromatic N) is 2. The molecule has 0 spiro atoms. The van der Waals surface area contributed by atoms with Crippen molar-refractivity contribution >= 4 is 34.9 Å². The fourth-order valence-electron chi connectivity index (χ4n) is 1.38. The van der Waals surface area contributed by atoms with Crippen LogP contribution in [-0.4, -0.2) is 28.2 Å². The van der Waals surface area contributed by atoms with E-state index in [1.165, 1.54) is 6.07 Å². The predicted octanol–water partition coefficient (Wildman–Crippen LogP) is 3.04. The fraction of sp³-hybridized carbons (Fsp3) is 0.231. The lowest BCUT2D eigenvalue weighted by Gasteiger charge is -2.01. The van der Waals surface area contributed by atoms with Crippen LogP contribution in [0.15, 0.2) is 26.9 Å². The second-order valence-electron chi connectivity index (χ2n) is 3.60.